The molecule has 30 heavy (non-hydrogen) atoms. The average molecular weight is 446 g/mol. The van der Waals surface area contributed by atoms with Gasteiger partial charge in [-0.1, -0.05) is 53.5 Å². The lowest BCUT2D eigenvalue weighted by Crippen LogP contribution is -2.47. The maximum absolute atomic E-state index is 6.38. The molecule has 2 fully saturated rings. The van der Waals surface area contributed by atoms with Crippen molar-refractivity contribution in [1.29, 1.82) is 0 Å². The third-order valence-electron chi connectivity index (χ3n) is 6.65. The summed E-state index contributed by atoms with van der Waals surface area (Å²) >= 11 is 12.4. The van der Waals surface area contributed by atoms with Gasteiger partial charge in [-0.05, 0) is 81.5 Å². The van der Waals surface area contributed by atoms with Gasteiger partial charge in [-0.25, -0.2) is 0 Å². The Balaban J connectivity index is 1.12. The molecule has 2 aliphatic rings. The summed E-state index contributed by atoms with van der Waals surface area (Å²) in [6.07, 6.45) is 5.20. The fraction of sp³-hybridized carbons (Fsp3) is 0.520. The zero-order valence-electron chi connectivity index (χ0n) is 17.8. The normalized spacial score (nSPS) is 19.3. The first kappa shape index (κ1) is 22.0. The molecule has 2 aliphatic heterocycles. The highest BCUT2D eigenvalue weighted by atomic mass is 35.5. The highest BCUT2D eigenvalue weighted by Crippen LogP contribution is 2.29. The van der Waals surface area contributed by atoms with Gasteiger partial charge < -0.3 is 9.80 Å². The highest BCUT2D eigenvalue weighted by molar-refractivity contribution is 6.36. The van der Waals surface area contributed by atoms with Crippen molar-refractivity contribution in [1.82, 2.24) is 9.80 Å². The minimum absolute atomic E-state index is 0.700. The van der Waals surface area contributed by atoms with Crippen LogP contribution in [0.5, 0.6) is 0 Å². The number of nitrogens with zero attached hydrogens (tertiary/aromatic N) is 3. The van der Waals surface area contributed by atoms with Crippen molar-refractivity contribution in [2.24, 2.45) is 5.92 Å². The van der Waals surface area contributed by atoms with Crippen LogP contribution in [-0.2, 0) is 6.42 Å². The molecule has 0 amide bonds. The Labute approximate surface area is 191 Å². The van der Waals surface area contributed by atoms with Crippen molar-refractivity contribution < 1.29 is 0 Å². The van der Waals surface area contributed by atoms with Gasteiger partial charge in [0.25, 0.3) is 0 Å². The number of piperazine rings is 1. The number of hydrogen-bond donors (Lipinski definition) is 0. The minimum atomic E-state index is 0.700. The standard InChI is InChI=1S/C25H33Cl2N3/c26-23-7-8-25(24(27)20-23)30-17-15-29(16-18-30)12-4-11-28-13-9-22(10-14-28)19-21-5-2-1-3-6-21/h1-3,5-8,20,22H,4,9-19H2. The molecule has 0 aromatic heterocycles. The monoisotopic (exact) mass is 445 g/mol. The van der Waals surface area contributed by atoms with Crippen molar-refractivity contribution in [3.63, 3.8) is 0 Å². The Morgan fingerprint density at radius 3 is 2.10 bits per heavy atom. The summed E-state index contributed by atoms with van der Waals surface area (Å²) in [5.74, 6) is 0.858. The number of likely N-dealkylation sites (tertiary alicyclic amines) is 1. The van der Waals surface area contributed by atoms with Crippen LogP contribution in [0.2, 0.25) is 10.0 Å². The van der Waals surface area contributed by atoms with Crippen molar-refractivity contribution in [2.45, 2.75) is 25.7 Å². The number of rotatable bonds is 7. The van der Waals surface area contributed by atoms with Gasteiger partial charge in [-0.2, -0.15) is 0 Å². The second kappa shape index (κ2) is 10.9. The van der Waals surface area contributed by atoms with E-state index in [9.17, 15) is 0 Å². The van der Waals surface area contributed by atoms with Crippen LogP contribution in [0.25, 0.3) is 0 Å². The third kappa shape index (κ3) is 6.13. The third-order valence-corrected chi connectivity index (χ3v) is 7.18. The molecule has 0 atom stereocenters. The zero-order chi connectivity index (χ0) is 20.8. The smallest absolute Gasteiger partial charge is 0.0654 e. The van der Waals surface area contributed by atoms with E-state index in [0.29, 0.717) is 5.02 Å². The molecule has 2 heterocycles. The van der Waals surface area contributed by atoms with Gasteiger partial charge in [-0.3, -0.25) is 4.90 Å². The molecule has 2 aromatic carbocycles. The maximum Gasteiger partial charge on any atom is 0.0654 e. The van der Waals surface area contributed by atoms with Crippen molar-refractivity contribution >= 4 is 28.9 Å². The lowest BCUT2D eigenvalue weighted by Gasteiger charge is -2.37. The molecule has 0 spiro atoms. The molecule has 0 saturated carbocycles. The summed E-state index contributed by atoms with van der Waals surface area (Å²) < 4.78 is 0. The first-order valence-corrected chi connectivity index (χ1v) is 12.1. The van der Waals surface area contributed by atoms with Gasteiger partial charge in [0.05, 0.1) is 10.7 Å². The Morgan fingerprint density at radius 1 is 0.767 bits per heavy atom. The lowest BCUT2D eigenvalue weighted by atomic mass is 9.90. The van der Waals surface area contributed by atoms with E-state index in [4.69, 9.17) is 23.2 Å². The van der Waals surface area contributed by atoms with Gasteiger partial charge in [0.15, 0.2) is 0 Å². The fourth-order valence-electron chi connectivity index (χ4n) is 4.83. The molecule has 3 nitrogen and oxygen atoms in total. The second-order valence-corrected chi connectivity index (χ2v) is 9.60. The molecular weight excluding hydrogens is 413 g/mol. The molecule has 2 saturated heterocycles. The van der Waals surface area contributed by atoms with Crippen LogP contribution in [0, 0.1) is 5.92 Å². The summed E-state index contributed by atoms with van der Waals surface area (Å²) in [7, 11) is 0. The van der Waals surface area contributed by atoms with E-state index < -0.39 is 0 Å². The van der Waals surface area contributed by atoms with Gasteiger partial charge >= 0.3 is 0 Å². The van der Waals surface area contributed by atoms with E-state index in [2.05, 4.69) is 45.0 Å². The molecule has 0 N–H and O–H groups in total. The first-order chi connectivity index (χ1) is 14.7. The van der Waals surface area contributed by atoms with Crippen LogP contribution in [0.3, 0.4) is 0 Å². The van der Waals surface area contributed by atoms with Crippen LogP contribution in [0.15, 0.2) is 48.5 Å². The summed E-state index contributed by atoms with van der Waals surface area (Å²) in [4.78, 5) is 7.65. The van der Waals surface area contributed by atoms with E-state index in [0.717, 1.165) is 42.8 Å². The molecule has 5 heteroatoms. The maximum atomic E-state index is 6.38. The molecule has 0 unspecified atom stereocenters. The molecule has 2 aromatic rings. The number of halogens is 2. The van der Waals surface area contributed by atoms with Gasteiger partial charge in [0.1, 0.15) is 0 Å². The summed E-state index contributed by atoms with van der Waals surface area (Å²) in [5.41, 5.74) is 2.61. The predicted octanol–water partition coefficient (Wildman–Crippen LogP) is 5.46. The fourth-order valence-corrected chi connectivity index (χ4v) is 5.36. The van der Waals surface area contributed by atoms with Crippen LogP contribution >= 0.6 is 23.2 Å². The largest absolute Gasteiger partial charge is 0.368 e. The van der Waals surface area contributed by atoms with E-state index in [1.165, 1.54) is 57.4 Å². The molecule has 0 aliphatic carbocycles. The number of piperidine rings is 1. The number of anilines is 1. The summed E-state index contributed by atoms with van der Waals surface area (Å²) in [6, 6.07) is 16.8. The predicted molar refractivity (Wildman–Crippen MR) is 129 cm³/mol. The molecule has 0 bridgehead atoms. The molecular formula is C25H33Cl2N3. The van der Waals surface area contributed by atoms with Crippen molar-refractivity contribution in [3.05, 3.63) is 64.1 Å². The highest BCUT2D eigenvalue weighted by Gasteiger charge is 2.21. The van der Waals surface area contributed by atoms with E-state index in [1.54, 1.807) is 0 Å². The number of hydrogen-bond acceptors (Lipinski definition) is 3. The Morgan fingerprint density at radius 2 is 1.43 bits per heavy atom. The Kier molecular flexibility index (Phi) is 7.95. The van der Waals surface area contributed by atoms with E-state index >= 15 is 0 Å². The summed E-state index contributed by atoms with van der Waals surface area (Å²) in [6.45, 7) is 9.25. The lowest BCUT2D eigenvalue weighted by molar-refractivity contribution is 0.169. The second-order valence-electron chi connectivity index (χ2n) is 8.75. The Bertz CT molecular complexity index is 782. The van der Waals surface area contributed by atoms with E-state index in [-0.39, 0.29) is 0 Å². The summed E-state index contributed by atoms with van der Waals surface area (Å²) in [5, 5.41) is 1.46. The van der Waals surface area contributed by atoms with Crippen molar-refractivity contribution in [3.8, 4) is 0 Å². The van der Waals surface area contributed by atoms with Crippen LogP contribution in [0.1, 0.15) is 24.8 Å². The van der Waals surface area contributed by atoms with Gasteiger partial charge in [0.2, 0.25) is 0 Å². The molecule has 162 valence electrons. The first-order valence-electron chi connectivity index (χ1n) is 11.4. The molecule has 4 rings (SSSR count). The van der Waals surface area contributed by atoms with Crippen molar-refractivity contribution in [2.75, 3.05) is 57.3 Å². The van der Waals surface area contributed by atoms with Gasteiger partial charge in [0, 0.05) is 31.2 Å². The topological polar surface area (TPSA) is 9.72 Å². The number of benzene rings is 2. The van der Waals surface area contributed by atoms with Crippen LogP contribution in [0.4, 0.5) is 5.69 Å². The molecule has 0 radical (unpaired) electrons. The average Bonchev–Trinajstić information content (AvgIpc) is 2.76. The van der Waals surface area contributed by atoms with E-state index in [1.807, 2.05) is 18.2 Å². The van der Waals surface area contributed by atoms with Crippen LogP contribution in [-0.4, -0.2) is 62.2 Å². The Hall–Kier alpha value is -1.26. The van der Waals surface area contributed by atoms with Crippen LogP contribution < -0.4 is 4.90 Å². The minimum Gasteiger partial charge on any atom is -0.368 e. The zero-order valence-corrected chi connectivity index (χ0v) is 19.3. The van der Waals surface area contributed by atoms with Gasteiger partial charge in [-0.15, -0.1) is 0 Å². The SMILES string of the molecule is Clc1ccc(N2CCN(CCCN3CCC(Cc4ccccc4)CC3)CC2)c(Cl)c1. The quantitative estimate of drug-likeness (QED) is 0.559.